The highest BCUT2D eigenvalue weighted by Crippen LogP contribution is 2.23. The van der Waals surface area contributed by atoms with Gasteiger partial charge in [-0.3, -0.25) is 0 Å². The van der Waals surface area contributed by atoms with Gasteiger partial charge in [-0.05, 0) is 23.8 Å². The van der Waals surface area contributed by atoms with Crippen LogP contribution in [0.15, 0.2) is 60.7 Å². The fourth-order valence-corrected chi connectivity index (χ4v) is 1.57. The van der Waals surface area contributed by atoms with Crippen molar-refractivity contribution in [1.29, 1.82) is 0 Å². The fourth-order valence-electron chi connectivity index (χ4n) is 1.40. The van der Waals surface area contributed by atoms with Crippen LogP contribution < -0.4 is 4.74 Å². The highest BCUT2D eigenvalue weighted by molar-refractivity contribution is 6.32. The van der Waals surface area contributed by atoms with E-state index in [1.807, 2.05) is 30.3 Å². The van der Waals surface area contributed by atoms with Gasteiger partial charge in [0.25, 0.3) is 0 Å². The summed E-state index contributed by atoms with van der Waals surface area (Å²) >= 11 is 5.88. The van der Waals surface area contributed by atoms with Gasteiger partial charge in [0.15, 0.2) is 0 Å². The molecule has 2 aromatic rings. The first-order valence-corrected chi connectivity index (χ1v) is 5.83. The maximum atomic E-state index is 11.6. The summed E-state index contributed by atoms with van der Waals surface area (Å²) in [5.74, 6) is -0.0890. The molecule has 0 radical (unpaired) electrons. The number of benzene rings is 2. The van der Waals surface area contributed by atoms with Gasteiger partial charge in [-0.1, -0.05) is 54.1 Å². The molecule has 0 aromatic heterocycles. The Bertz CT molecular complexity index is 562. The molecule has 2 nitrogen and oxygen atoms in total. The number of hydrogen-bond acceptors (Lipinski definition) is 2. The highest BCUT2D eigenvalue weighted by Gasteiger charge is 2.03. The molecule has 18 heavy (non-hydrogen) atoms. The Kier molecular flexibility index (Phi) is 4.15. The first kappa shape index (κ1) is 12.4. The van der Waals surface area contributed by atoms with Gasteiger partial charge in [0.05, 0.1) is 5.02 Å². The Hall–Kier alpha value is -2.06. The molecule has 0 aliphatic rings. The van der Waals surface area contributed by atoms with Crippen LogP contribution in [0.4, 0.5) is 0 Å². The molecule has 0 saturated carbocycles. The van der Waals surface area contributed by atoms with Crippen molar-refractivity contribution in [1.82, 2.24) is 0 Å². The second-order valence-corrected chi connectivity index (χ2v) is 4.00. The molecule has 0 aliphatic heterocycles. The third kappa shape index (κ3) is 3.47. The first-order valence-electron chi connectivity index (χ1n) is 5.45. The predicted octanol–water partition coefficient (Wildman–Crippen LogP) is 3.96. The van der Waals surface area contributed by atoms with E-state index < -0.39 is 5.97 Å². The van der Waals surface area contributed by atoms with Crippen molar-refractivity contribution in [3.63, 3.8) is 0 Å². The molecule has 0 amide bonds. The number of hydrogen-bond donors (Lipinski definition) is 0. The Morgan fingerprint density at radius 3 is 2.39 bits per heavy atom. The average molecular weight is 259 g/mol. The normalized spacial score (nSPS) is 10.5. The highest BCUT2D eigenvalue weighted by atomic mass is 35.5. The van der Waals surface area contributed by atoms with Gasteiger partial charge in [-0.25, -0.2) is 4.79 Å². The molecule has 0 atom stereocenters. The van der Waals surface area contributed by atoms with Crippen molar-refractivity contribution < 1.29 is 9.53 Å². The number of ether oxygens (including phenoxy) is 1. The number of carbonyl (C=O) groups is 1. The zero-order valence-electron chi connectivity index (χ0n) is 9.55. The SMILES string of the molecule is O=C(/C=C/c1ccccc1)Oc1ccccc1Cl. The van der Waals surface area contributed by atoms with Crippen LogP contribution in [0, 0.1) is 0 Å². The topological polar surface area (TPSA) is 26.3 Å². The van der Waals surface area contributed by atoms with Crippen molar-refractivity contribution in [3.8, 4) is 5.75 Å². The smallest absolute Gasteiger partial charge is 0.336 e. The Morgan fingerprint density at radius 2 is 1.67 bits per heavy atom. The predicted molar refractivity (Wildman–Crippen MR) is 72.6 cm³/mol. The molecule has 3 heteroatoms. The second-order valence-electron chi connectivity index (χ2n) is 3.60. The molecule has 0 bridgehead atoms. The van der Waals surface area contributed by atoms with E-state index in [0.29, 0.717) is 10.8 Å². The number of rotatable bonds is 3. The van der Waals surface area contributed by atoms with E-state index in [0.717, 1.165) is 5.56 Å². The number of halogens is 1. The first-order chi connectivity index (χ1) is 8.75. The van der Waals surface area contributed by atoms with Gasteiger partial charge < -0.3 is 4.74 Å². The zero-order chi connectivity index (χ0) is 12.8. The van der Waals surface area contributed by atoms with E-state index in [-0.39, 0.29) is 0 Å². The molecular weight excluding hydrogens is 248 g/mol. The molecule has 0 spiro atoms. The van der Waals surface area contributed by atoms with Crippen molar-refractivity contribution in [2.24, 2.45) is 0 Å². The molecular formula is C15H11ClO2. The molecule has 0 heterocycles. The molecule has 0 aliphatic carbocycles. The largest absolute Gasteiger partial charge is 0.422 e. The summed E-state index contributed by atoms with van der Waals surface area (Å²) in [5.41, 5.74) is 0.939. The van der Waals surface area contributed by atoms with E-state index in [1.54, 1.807) is 30.3 Å². The number of para-hydroxylation sites is 1. The van der Waals surface area contributed by atoms with Gasteiger partial charge in [0, 0.05) is 6.08 Å². The lowest BCUT2D eigenvalue weighted by Crippen LogP contribution is -2.03. The Balaban J connectivity index is 2.02. The van der Waals surface area contributed by atoms with Gasteiger partial charge in [-0.2, -0.15) is 0 Å². The summed E-state index contributed by atoms with van der Waals surface area (Å²) in [7, 11) is 0. The minimum Gasteiger partial charge on any atom is -0.422 e. The van der Waals surface area contributed by atoms with E-state index in [4.69, 9.17) is 16.3 Å². The van der Waals surface area contributed by atoms with Crippen LogP contribution >= 0.6 is 11.6 Å². The van der Waals surface area contributed by atoms with Gasteiger partial charge >= 0.3 is 5.97 Å². The van der Waals surface area contributed by atoms with E-state index in [2.05, 4.69) is 0 Å². The quantitative estimate of drug-likeness (QED) is 0.473. The summed E-state index contributed by atoms with van der Waals surface area (Å²) in [6, 6.07) is 16.4. The van der Waals surface area contributed by atoms with Gasteiger partial charge in [-0.15, -0.1) is 0 Å². The van der Waals surface area contributed by atoms with Crippen molar-refractivity contribution >= 4 is 23.6 Å². The molecule has 0 fully saturated rings. The van der Waals surface area contributed by atoms with Crippen LogP contribution in [-0.2, 0) is 4.79 Å². The molecule has 2 rings (SSSR count). The van der Waals surface area contributed by atoms with Crippen molar-refractivity contribution in [2.75, 3.05) is 0 Å². The Morgan fingerprint density at radius 1 is 1.00 bits per heavy atom. The monoisotopic (exact) mass is 258 g/mol. The maximum Gasteiger partial charge on any atom is 0.336 e. The Labute approximate surface area is 110 Å². The van der Waals surface area contributed by atoms with Gasteiger partial charge in [0.1, 0.15) is 5.75 Å². The number of carbonyl (C=O) groups excluding carboxylic acids is 1. The average Bonchev–Trinajstić information content (AvgIpc) is 2.40. The third-order valence-electron chi connectivity index (χ3n) is 2.26. The minimum atomic E-state index is -0.452. The van der Waals surface area contributed by atoms with Crippen LogP contribution in [0.5, 0.6) is 5.75 Å². The van der Waals surface area contributed by atoms with Crippen molar-refractivity contribution in [2.45, 2.75) is 0 Å². The number of esters is 1. The van der Waals surface area contributed by atoms with Crippen LogP contribution in [0.1, 0.15) is 5.56 Å². The molecule has 0 saturated heterocycles. The summed E-state index contributed by atoms with van der Waals surface area (Å²) in [5, 5.41) is 0.416. The summed E-state index contributed by atoms with van der Waals surface area (Å²) in [4.78, 5) is 11.6. The van der Waals surface area contributed by atoms with Crippen molar-refractivity contribution in [3.05, 3.63) is 71.3 Å². The van der Waals surface area contributed by atoms with E-state index >= 15 is 0 Å². The standard InChI is InChI=1S/C15H11ClO2/c16-13-8-4-5-9-14(13)18-15(17)11-10-12-6-2-1-3-7-12/h1-11H/b11-10+. The van der Waals surface area contributed by atoms with E-state index in [9.17, 15) is 4.79 Å². The summed E-state index contributed by atoms with van der Waals surface area (Å²) in [6.07, 6.45) is 3.07. The summed E-state index contributed by atoms with van der Waals surface area (Å²) in [6.45, 7) is 0. The minimum absolute atomic E-state index is 0.363. The maximum absolute atomic E-state index is 11.6. The molecule has 0 N–H and O–H groups in total. The zero-order valence-corrected chi connectivity index (χ0v) is 10.3. The summed E-state index contributed by atoms with van der Waals surface area (Å²) < 4.78 is 5.11. The molecule has 0 unspecified atom stereocenters. The molecule has 2 aromatic carbocycles. The van der Waals surface area contributed by atoms with Crippen LogP contribution in [0.3, 0.4) is 0 Å². The lowest BCUT2D eigenvalue weighted by Gasteiger charge is -2.02. The van der Waals surface area contributed by atoms with Crippen LogP contribution in [-0.4, -0.2) is 5.97 Å². The van der Waals surface area contributed by atoms with Crippen LogP contribution in [0.2, 0.25) is 5.02 Å². The van der Waals surface area contributed by atoms with Crippen LogP contribution in [0.25, 0.3) is 6.08 Å². The third-order valence-corrected chi connectivity index (χ3v) is 2.57. The second kappa shape index (κ2) is 6.03. The van der Waals surface area contributed by atoms with E-state index in [1.165, 1.54) is 6.08 Å². The fraction of sp³-hybridized carbons (Fsp3) is 0. The lowest BCUT2D eigenvalue weighted by molar-refractivity contribution is -0.128. The van der Waals surface area contributed by atoms with Gasteiger partial charge in [0.2, 0.25) is 0 Å². The lowest BCUT2D eigenvalue weighted by atomic mass is 10.2. The molecule has 90 valence electrons.